The first-order valence-corrected chi connectivity index (χ1v) is 12.9. The fourth-order valence-electron chi connectivity index (χ4n) is 4.27. The second-order valence-electron chi connectivity index (χ2n) is 8.76. The van der Waals surface area contributed by atoms with Gasteiger partial charge < -0.3 is 15.5 Å². The van der Waals surface area contributed by atoms with Crippen molar-refractivity contribution in [2.45, 2.75) is 46.1 Å². The highest BCUT2D eigenvalue weighted by Crippen LogP contribution is 2.31. The number of urea groups is 1. The van der Waals surface area contributed by atoms with Crippen LogP contribution in [0.1, 0.15) is 33.4 Å². The number of amides is 3. The summed E-state index contributed by atoms with van der Waals surface area (Å²) in [4.78, 5) is 26.5. The van der Waals surface area contributed by atoms with E-state index in [1.165, 1.54) is 4.31 Å². The first-order chi connectivity index (χ1) is 16.0. The Morgan fingerprint density at radius 3 is 1.88 bits per heavy atom. The molecule has 0 bridgehead atoms. The Morgan fingerprint density at radius 2 is 1.32 bits per heavy atom. The summed E-state index contributed by atoms with van der Waals surface area (Å²) in [6, 6.07) is 9.07. The van der Waals surface area contributed by atoms with E-state index in [1.807, 2.05) is 65.0 Å². The van der Waals surface area contributed by atoms with E-state index in [2.05, 4.69) is 10.6 Å². The van der Waals surface area contributed by atoms with Gasteiger partial charge in [-0.15, -0.1) is 0 Å². The molecule has 0 radical (unpaired) electrons. The summed E-state index contributed by atoms with van der Waals surface area (Å²) in [6.07, 6.45) is 0. The van der Waals surface area contributed by atoms with E-state index in [0.29, 0.717) is 11.4 Å². The van der Waals surface area contributed by atoms with Crippen LogP contribution >= 0.6 is 0 Å². The van der Waals surface area contributed by atoms with E-state index in [0.717, 1.165) is 33.4 Å². The van der Waals surface area contributed by atoms with Crippen molar-refractivity contribution >= 4 is 22.0 Å². The molecule has 0 aliphatic carbocycles. The number of sulfonamides is 1. The van der Waals surface area contributed by atoms with Crippen molar-refractivity contribution in [1.82, 2.24) is 19.8 Å². The Morgan fingerprint density at radius 1 is 0.794 bits per heavy atom. The fraction of sp³-hybridized carbons (Fsp3) is 0.440. The second kappa shape index (κ2) is 10.6. The summed E-state index contributed by atoms with van der Waals surface area (Å²) >= 11 is 0. The van der Waals surface area contributed by atoms with Gasteiger partial charge in [-0.25, -0.2) is 13.2 Å². The van der Waals surface area contributed by atoms with Crippen molar-refractivity contribution in [1.29, 1.82) is 0 Å². The van der Waals surface area contributed by atoms with E-state index in [1.54, 1.807) is 4.90 Å². The Hall–Kier alpha value is -2.91. The minimum absolute atomic E-state index is 0.137. The average Bonchev–Trinajstić information content (AvgIpc) is 2.84. The molecule has 0 aromatic heterocycles. The number of piperazine rings is 1. The summed E-state index contributed by atoms with van der Waals surface area (Å²) < 4.78 is 28.4. The zero-order valence-corrected chi connectivity index (χ0v) is 21.4. The third-order valence-corrected chi connectivity index (χ3v) is 8.99. The molecule has 0 saturated carbocycles. The molecule has 1 heterocycles. The molecule has 0 unspecified atom stereocenters. The van der Waals surface area contributed by atoms with Gasteiger partial charge in [0.1, 0.15) is 0 Å². The molecule has 34 heavy (non-hydrogen) atoms. The van der Waals surface area contributed by atoms with E-state index < -0.39 is 16.1 Å². The topological polar surface area (TPSA) is 98.8 Å². The van der Waals surface area contributed by atoms with Crippen molar-refractivity contribution in [3.05, 3.63) is 63.7 Å². The lowest BCUT2D eigenvalue weighted by Gasteiger charge is -2.35. The fourth-order valence-corrected chi connectivity index (χ4v) is 6.25. The Balaban J connectivity index is 1.55. The lowest BCUT2D eigenvalue weighted by molar-refractivity contribution is -0.131. The van der Waals surface area contributed by atoms with Gasteiger partial charge in [0.25, 0.3) is 0 Å². The molecule has 2 aromatic rings. The van der Waals surface area contributed by atoms with E-state index in [-0.39, 0.29) is 38.6 Å². The van der Waals surface area contributed by atoms with Gasteiger partial charge in [0, 0.05) is 32.7 Å². The minimum atomic E-state index is -3.68. The highest BCUT2D eigenvalue weighted by atomic mass is 32.2. The van der Waals surface area contributed by atoms with Crippen LogP contribution < -0.4 is 10.6 Å². The monoisotopic (exact) mass is 486 g/mol. The maximum atomic E-state index is 13.5. The molecule has 3 amide bonds. The van der Waals surface area contributed by atoms with Gasteiger partial charge in [-0.3, -0.25) is 4.79 Å². The van der Waals surface area contributed by atoms with Gasteiger partial charge in [-0.2, -0.15) is 4.31 Å². The molecule has 184 valence electrons. The molecule has 2 aromatic carbocycles. The van der Waals surface area contributed by atoms with Gasteiger partial charge in [0.15, 0.2) is 0 Å². The van der Waals surface area contributed by atoms with E-state index in [4.69, 9.17) is 0 Å². The van der Waals surface area contributed by atoms with E-state index >= 15 is 0 Å². The summed E-state index contributed by atoms with van der Waals surface area (Å²) in [5.41, 5.74) is 5.63. The molecular formula is C25H34N4O4S. The lowest BCUT2D eigenvalue weighted by Crippen LogP contribution is -2.53. The lowest BCUT2D eigenvalue weighted by atomic mass is 9.95. The number of carbonyl (C=O) groups is 2. The van der Waals surface area contributed by atoms with Crippen LogP contribution in [0.3, 0.4) is 0 Å². The number of hydrogen-bond acceptors (Lipinski definition) is 4. The normalized spacial score (nSPS) is 14.7. The number of nitrogens with one attached hydrogen (secondary N) is 2. The number of carbonyl (C=O) groups excluding carboxylic acids is 2. The maximum Gasteiger partial charge on any atom is 0.315 e. The summed E-state index contributed by atoms with van der Waals surface area (Å²) in [5.74, 6) is -0.235. The van der Waals surface area contributed by atoms with Crippen molar-refractivity contribution in [3.8, 4) is 0 Å². The Kier molecular flexibility index (Phi) is 7.99. The molecule has 1 aliphatic heterocycles. The smallest absolute Gasteiger partial charge is 0.315 e. The Bertz CT molecular complexity index is 1140. The van der Waals surface area contributed by atoms with Crippen molar-refractivity contribution < 1.29 is 18.0 Å². The van der Waals surface area contributed by atoms with Crippen LogP contribution in [-0.2, 0) is 21.4 Å². The summed E-state index contributed by atoms with van der Waals surface area (Å²) in [5, 5.41) is 5.29. The van der Waals surface area contributed by atoms with E-state index in [9.17, 15) is 18.0 Å². The quantitative estimate of drug-likeness (QED) is 0.656. The average molecular weight is 487 g/mol. The van der Waals surface area contributed by atoms with Crippen molar-refractivity contribution in [2.24, 2.45) is 0 Å². The molecular weight excluding hydrogens is 452 g/mol. The first-order valence-electron chi connectivity index (χ1n) is 11.4. The predicted octanol–water partition coefficient (Wildman–Crippen LogP) is 2.56. The standard InChI is InChI=1S/C25H34N4O4S/c1-17-18(2)20(4)24(21(5)19(17)3)34(32,33)29-13-11-28(12-14-29)23(30)16-27-25(31)26-15-22-9-7-6-8-10-22/h6-10H,11-16H2,1-5H3,(H2,26,27,31). The van der Waals surface area contributed by atoms with Gasteiger partial charge in [0.2, 0.25) is 15.9 Å². The molecule has 1 saturated heterocycles. The maximum absolute atomic E-state index is 13.5. The van der Waals surface area contributed by atoms with Crippen LogP contribution in [0.15, 0.2) is 35.2 Å². The van der Waals surface area contributed by atoms with Crippen LogP contribution in [0, 0.1) is 34.6 Å². The number of rotatable bonds is 6. The molecule has 1 fully saturated rings. The van der Waals surface area contributed by atoms with Crippen LogP contribution in [0.4, 0.5) is 4.79 Å². The van der Waals surface area contributed by atoms with Crippen LogP contribution in [0.5, 0.6) is 0 Å². The first kappa shape index (κ1) is 25.7. The molecule has 1 aliphatic rings. The zero-order valence-electron chi connectivity index (χ0n) is 20.6. The van der Waals surface area contributed by atoms with Crippen molar-refractivity contribution in [2.75, 3.05) is 32.7 Å². The van der Waals surface area contributed by atoms with Gasteiger partial charge >= 0.3 is 6.03 Å². The number of hydrogen-bond donors (Lipinski definition) is 2. The second-order valence-corrected chi connectivity index (χ2v) is 10.6. The SMILES string of the molecule is Cc1c(C)c(C)c(S(=O)(=O)N2CCN(C(=O)CNC(=O)NCc3ccccc3)CC2)c(C)c1C. The third kappa shape index (κ3) is 5.42. The molecule has 9 heteroatoms. The highest BCUT2D eigenvalue weighted by molar-refractivity contribution is 7.89. The van der Waals surface area contributed by atoms with Gasteiger partial charge in [-0.1, -0.05) is 30.3 Å². The summed E-state index contributed by atoms with van der Waals surface area (Å²) in [7, 11) is -3.68. The summed E-state index contributed by atoms with van der Waals surface area (Å²) in [6.45, 7) is 10.9. The minimum Gasteiger partial charge on any atom is -0.339 e. The molecule has 3 rings (SSSR count). The predicted molar refractivity (Wildman–Crippen MR) is 132 cm³/mol. The van der Waals surface area contributed by atoms with Gasteiger partial charge in [0.05, 0.1) is 11.4 Å². The highest BCUT2D eigenvalue weighted by Gasteiger charge is 2.33. The van der Waals surface area contributed by atoms with Crippen molar-refractivity contribution in [3.63, 3.8) is 0 Å². The third-order valence-electron chi connectivity index (χ3n) is 6.82. The molecule has 0 atom stereocenters. The van der Waals surface area contributed by atoms with Crippen LogP contribution in [-0.4, -0.2) is 62.3 Å². The molecule has 8 nitrogen and oxygen atoms in total. The number of nitrogens with zero attached hydrogens (tertiary/aromatic N) is 2. The Labute approximate surface area is 202 Å². The largest absolute Gasteiger partial charge is 0.339 e. The molecule has 0 spiro atoms. The van der Waals surface area contributed by atoms with Gasteiger partial charge in [-0.05, 0) is 68.0 Å². The van der Waals surface area contributed by atoms with Crippen LogP contribution in [0.25, 0.3) is 0 Å². The zero-order chi connectivity index (χ0) is 25.0. The molecule has 2 N–H and O–H groups in total. The van der Waals surface area contributed by atoms with Crippen LogP contribution in [0.2, 0.25) is 0 Å². The number of benzene rings is 2.